The molecule has 5 aliphatic rings. The molecule has 0 aromatic carbocycles. The molecule has 5 fully saturated rings. The number of rotatable bonds is 6. The van der Waals surface area contributed by atoms with Crippen LogP contribution in [-0.2, 0) is 40.1 Å². The first-order valence-corrected chi connectivity index (χ1v) is 12.4. The van der Waals surface area contributed by atoms with Crippen LogP contribution in [0.15, 0.2) is 24.4 Å². The van der Waals surface area contributed by atoms with E-state index in [9.17, 15) is 9.59 Å². The minimum atomic E-state index is -0.877. The van der Waals surface area contributed by atoms with E-state index in [1.807, 2.05) is 32.0 Å². The van der Waals surface area contributed by atoms with Gasteiger partial charge in [0.15, 0.2) is 11.9 Å². The molecule has 9 heteroatoms. The van der Waals surface area contributed by atoms with Crippen molar-refractivity contribution >= 4 is 11.9 Å². The highest BCUT2D eigenvalue weighted by molar-refractivity contribution is 5.81. The molecule has 6 rings (SSSR count). The fourth-order valence-electron chi connectivity index (χ4n) is 6.19. The van der Waals surface area contributed by atoms with Crippen molar-refractivity contribution in [2.45, 2.75) is 89.8 Å². The molecule has 4 saturated heterocycles. The molecule has 1 aliphatic carbocycles. The summed E-state index contributed by atoms with van der Waals surface area (Å²) in [5.41, 5.74) is 0.0657. The fourth-order valence-corrected chi connectivity index (χ4v) is 6.19. The summed E-state index contributed by atoms with van der Waals surface area (Å²) in [4.78, 5) is 40.9. The topological polar surface area (TPSA) is 105 Å². The zero-order valence-electron chi connectivity index (χ0n) is 20.0. The second kappa shape index (κ2) is 9.18. The van der Waals surface area contributed by atoms with E-state index in [1.54, 1.807) is 6.20 Å². The van der Waals surface area contributed by atoms with E-state index in [2.05, 4.69) is 17.2 Å². The normalized spacial score (nSPS) is 40.7. The minimum absolute atomic E-state index is 0.0288. The van der Waals surface area contributed by atoms with Crippen molar-refractivity contribution in [3.05, 3.63) is 30.1 Å². The van der Waals surface area contributed by atoms with Gasteiger partial charge in [-0.15, -0.1) is 0 Å². The third-order valence-electron chi connectivity index (χ3n) is 8.09. The van der Waals surface area contributed by atoms with Gasteiger partial charge in [-0.1, -0.05) is 19.9 Å². The van der Waals surface area contributed by atoms with E-state index < -0.39 is 29.9 Å². The summed E-state index contributed by atoms with van der Waals surface area (Å²) in [5, 5.41) is 2.77. The third kappa shape index (κ3) is 4.23. The van der Waals surface area contributed by atoms with Crippen molar-refractivity contribution in [2.24, 2.45) is 23.7 Å². The molecule has 0 radical (unpaired) electrons. The number of esters is 1. The highest BCUT2D eigenvalue weighted by Gasteiger charge is 2.69. The van der Waals surface area contributed by atoms with Gasteiger partial charge in [-0.2, -0.15) is 0 Å². The van der Waals surface area contributed by atoms with Crippen molar-refractivity contribution in [3.63, 3.8) is 0 Å². The molecule has 5 heterocycles. The van der Waals surface area contributed by atoms with Gasteiger partial charge < -0.3 is 19.5 Å². The second-order valence-corrected chi connectivity index (χ2v) is 10.4. The van der Waals surface area contributed by atoms with Gasteiger partial charge in [0.2, 0.25) is 18.0 Å². The Morgan fingerprint density at radius 3 is 2.79 bits per heavy atom. The monoisotopic (exact) mass is 474 g/mol. The average Bonchev–Trinajstić information content (AvgIpc) is 3.06. The number of fused-ring (bicyclic) bond motifs is 2. The van der Waals surface area contributed by atoms with E-state index in [4.69, 9.17) is 24.0 Å². The molecule has 1 aromatic rings. The Morgan fingerprint density at radius 1 is 1.15 bits per heavy atom. The lowest BCUT2D eigenvalue weighted by Crippen LogP contribution is -2.70. The van der Waals surface area contributed by atoms with Crippen LogP contribution >= 0.6 is 0 Å². The number of pyridine rings is 1. The maximum atomic E-state index is 12.6. The number of carbonyl (C=O) groups excluding carboxylic acids is 2. The maximum Gasteiger partial charge on any atom is 0.308 e. The van der Waals surface area contributed by atoms with Gasteiger partial charge in [-0.3, -0.25) is 14.6 Å². The molecule has 9 nitrogen and oxygen atoms in total. The highest BCUT2D eigenvalue weighted by atomic mass is 17.3. The summed E-state index contributed by atoms with van der Waals surface area (Å²) in [6.45, 7) is 6.47. The number of aromatic nitrogens is 1. The summed E-state index contributed by atoms with van der Waals surface area (Å²) in [7, 11) is 0. The fraction of sp³-hybridized carbons (Fsp3) is 0.720. The van der Waals surface area contributed by atoms with Gasteiger partial charge in [-0.25, -0.2) is 9.78 Å². The molecule has 34 heavy (non-hydrogen) atoms. The van der Waals surface area contributed by atoms with Gasteiger partial charge in [-0.05, 0) is 50.2 Å². The van der Waals surface area contributed by atoms with Gasteiger partial charge in [0.1, 0.15) is 0 Å². The lowest BCUT2D eigenvalue weighted by Gasteiger charge is -2.59. The zero-order chi connectivity index (χ0) is 23.9. The highest BCUT2D eigenvalue weighted by Crippen LogP contribution is 2.60. The second-order valence-electron chi connectivity index (χ2n) is 10.4. The summed E-state index contributed by atoms with van der Waals surface area (Å²) >= 11 is 0. The van der Waals surface area contributed by atoms with Crippen molar-refractivity contribution < 1.29 is 33.6 Å². The van der Waals surface area contributed by atoms with Gasteiger partial charge >= 0.3 is 5.97 Å². The molecule has 1 spiro atoms. The van der Waals surface area contributed by atoms with Crippen molar-refractivity contribution in [3.8, 4) is 0 Å². The third-order valence-corrected chi connectivity index (χ3v) is 8.09. The lowest BCUT2D eigenvalue weighted by atomic mass is 9.58. The first-order chi connectivity index (χ1) is 16.3. The van der Waals surface area contributed by atoms with Crippen molar-refractivity contribution in [2.75, 3.05) is 0 Å². The van der Waals surface area contributed by atoms with Crippen molar-refractivity contribution in [1.82, 2.24) is 10.3 Å². The quantitative estimate of drug-likeness (QED) is 0.495. The van der Waals surface area contributed by atoms with E-state index in [1.165, 1.54) is 0 Å². The molecule has 1 aromatic heterocycles. The number of carbonyl (C=O) groups is 2. The molecule has 2 bridgehead atoms. The number of hydrogen-bond acceptors (Lipinski definition) is 8. The molecule has 1 saturated carbocycles. The molecule has 1 N–H and O–H groups in total. The molecule has 1 amide bonds. The van der Waals surface area contributed by atoms with E-state index in [0.717, 1.165) is 31.4 Å². The molecular formula is C25H34N2O7. The number of hydrogen-bond donors (Lipinski definition) is 1. The number of nitrogens with zero attached hydrogens (tertiary/aromatic N) is 1. The summed E-state index contributed by atoms with van der Waals surface area (Å²) in [6, 6.07) is 5.51. The first-order valence-electron chi connectivity index (χ1n) is 12.4. The van der Waals surface area contributed by atoms with Crippen LogP contribution in [0.3, 0.4) is 0 Å². The number of ether oxygens (including phenoxy) is 3. The molecule has 186 valence electrons. The largest absolute Gasteiger partial charge is 0.435 e. The smallest absolute Gasteiger partial charge is 0.308 e. The van der Waals surface area contributed by atoms with Crippen molar-refractivity contribution in [1.29, 1.82) is 0 Å². The Bertz CT molecular complexity index is 914. The van der Waals surface area contributed by atoms with Gasteiger partial charge in [0.25, 0.3) is 0 Å². The summed E-state index contributed by atoms with van der Waals surface area (Å²) in [6.07, 6.45) is 3.92. The van der Waals surface area contributed by atoms with Crippen LogP contribution in [0.5, 0.6) is 0 Å². The Morgan fingerprint density at radius 2 is 2.00 bits per heavy atom. The number of nitrogens with one attached hydrogen (secondary N) is 1. The Labute approximate surface area is 199 Å². The first kappa shape index (κ1) is 23.7. The van der Waals surface area contributed by atoms with Crippen LogP contribution in [0, 0.1) is 23.7 Å². The Kier molecular flexibility index (Phi) is 6.39. The molecule has 0 unspecified atom stereocenters. The summed E-state index contributed by atoms with van der Waals surface area (Å²) < 4.78 is 18.3. The lowest BCUT2D eigenvalue weighted by molar-refractivity contribution is -0.576. The van der Waals surface area contributed by atoms with Crippen LogP contribution in [0.25, 0.3) is 0 Å². The zero-order valence-corrected chi connectivity index (χ0v) is 20.0. The van der Waals surface area contributed by atoms with E-state index >= 15 is 0 Å². The minimum Gasteiger partial charge on any atom is -0.435 e. The Hall–Kier alpha value is -2.07. The average molecular weight is 475 g/mol. The van der Waals surface area contributed by atoms with Gasteiger partial charge in [0.05, 0.1) is 18.7 Å². The molecular weight excluding hydrogens is 440 g/mol. The standard InChI is InChI=1S/C25H34N2O7/c1-15-7-8-19-16(2)22(31-23-25(19)18(15)11-12-24(3,32-23)33-34-25)30-21(29)10-9-20(28)27-14-17-6-4-5-13-26-17/h4-6,13,15-16,18-19,22-23H,7-12,14H2,1-3H3,(H,27,28)/t15-,16-,18+,19+,22-,23-,24-,25-/m1/s1. The van der Waals surface area contributed by atoms with Crippen LogP contribution in [0.4, 0.5) is 0 Å². The van der Waals surface area contributed by atoms with E-state index in [-0.39, 0.29) is 36.5 Å². The Balaban J connectivity index is 1.20. The van der Waals surface area contributed by atoms with Crippen LogP contribution in [-0.4, -0.2) is 40.8 Å². The molecule has 4 aliphatic heterocycles. The molecule has 8 atom stereocenters. The van der Waals surface area contributed by atoms with E-state index in [0.29, 0.717) is 12.5 Å². The van der Waals surface area contributed by atoms with Crippen LogP contribution < -0.4 is 5.32 Å². The predicted molar refractivity (Wildman–Crippen MR) is 118 cm³/mol. The van der Waals surface area contributed by atoms with Crippen LogP contribution in [0.1, 0.15) is 65.0 Å². The van der Waals surface area contributed by atoms with Crippen LogP contribution in [0.2, 0.25) is 0 Å². The van der Waals surface area contributed by atoms with Gasteiger partial charge in [0, 0.05) is 30.9 Å². The predicted octanol–water partition coefficient (Wildman–Crippen LogP) is 3.23. The SMILES string of the molecule is C[C@H]1[C@H](OC(=O)CCC(=O)NCc2ccccn2)O[C@@H]2O[C@@]3(C)CC[C@H]4[C@H](C)CC[C@@H]1[C@@]24OO3. The number of amides is 1. The summed E-state index contributed by atoms with van der Waals surface area (Å²) in [5.74, 6) is -0.876. The maximum absolute atomic E-state index is 12.6.